The quantitative estimate of drug-likeness (QED) is 0.842. The second-order valence-corrected chi connectivity index (χ2v) is 6.99. The number of pyridine rings is 1. The highest BCUT2D eigenvalue weighted by Gasteiger charge is 2.27. The van der Waals surface area contributed by atoms with Crippen molar-refractivity contribution in [2.45, 2.75) is 46.7 Å². The smallest absolute Gasteiger partial charge is 0.224 e. The Hall–Kier alpha value is -2.44. The van der Waals surface area contributed by atoms with Crippen LogP contribution < -0.4 is 4.90 Å². The molecule has 140 valence electrons. The van der Waals surface area contributed by atoms with Gasteiger partial charge in [-0.05, 0) is 45.4 Å². The van der Waals surface area contributed by atoms with E-state index < -0.39 is 0 Å². The van der Waals surface area contributed by atoms with Crippen molar-refractivity contribution < 1.29 is 9.18 Å². The fourth-order valence-corrected chi connectivity index (χ4v) is 3.43. The lowest BCUT2D eigenvalue weighted by Gasteiger charge is -2.40. The van der Waals surface area contributed by atoms with Crippen molar-refractivity contribution in [1.82, 2.24) is 19.7 Å². The van der Waals surface area contributed by atoms with Gasteiger partial charge in [0.05, 0.1) is 11.9 Å². The maximum Gasteiger partial charge on any atom is 0.224 e. The van der Waals surface area contributed by atoms with Crippen LogP contribution in [0.5, 0.6) is 0 Å². The van der Waals surface area contributed by atoms with Crippen molar-refractivity contribution in [3.63, 3.8) is 0 Å². The minimum absolute atomic E-state index is 0.140. The Morgan fingerprint density at radius 1 is 1.27 bits per heavy atom. The molecule has 1 saturated heterocycles. The Balaban J connectivity index is 1.57. The lowest BCUT2D eigenvalue weighted by atomic mass is 10.1. The zero-order valence-electron chi connectivity index (χ0n) is 15.9. The highest BCUT2D eigenvalue weighted by Crippen LogP contribution is 2.19. The standard InChI is InChI=1S/C19H26FN5O/c1-13-12-23(9-10-24(13)18-6-5-17(20)11-21-18)19(26)7-8-25-16(4)14(2)15(3)22-25/h5-6,11,13H,7-10,12H2,1-4H3. The molecule has 1 unspecified atom stereocenters. The Morgan fingerprint density at radius 3 is 2.62 bits per heavy atom. The normalized spacial score (nSPS) is 17.7. The van der Waals surface area contributed by atoms with Crippen molar-refractivity contribution in [2.24, 2.45) is 0 Å². The van der Waals surface area contributed by atoms with Gasteiger partial charge in [0.25, 0.3) is 0 Å². The number of piperazine rings is 1. The second-order valence-electron chi connectivity index (χ2n) is 6.99. The number of amides is 1. The third-order valence-electron chi connectivity index (χ3n) is 5.27. The molecule has 3 heterocycles. The molecule has 2 aromatic rings. The van der Waals surface area contributed by atoms with Gasteiger partial charge in [-0.15, -0.1) is 0 Å². The molecule has 0 spiro atoms. The van der Waals surface area contributed by atoms with Crippen LogP contribution in [0.4, 0.5) is 10.2 Å². The van der Waals surface area contributed by atoms with Gasteiger partial charge in [0.15, 0.2) is 0 Å². The van der Waals surface area contributed by atoms with Crippen LogP contribution in [-0.2, 0) is 11.3 Å². The first-order valence-electron chi connectivity index (χ1n) is 9.03. The number of aromatic nitrogens is 3. The van der Waals surface area contributed by atoms with Crippen LogP contribution in [0.15, 0.2) is 18.3 Å². The molecule has 2 aromatic heterocycles. The predicted octanol–water partition coefficient (Wildman–Crippen LogP) is 2.47. The van der Waals surface area contributed by atoms with E-state index in [1.54, 1.807) is 6.07 Å². The molecule has 1 aliphatic rings. The monoisotopic (exact) mass is 359 g/mol. The summed E-state index contributed by atoms with van der Waals surface area (Å²) in [7, 11) is 0. The summed E-state index contributed by atoms with van der Waals surface area (Å²) in [4.78, 5) is 20.8. The average Bonchev–Trinajstić information content (AvgIpc) is 2.87. The van der Waals surface area contributed by atoms with E-state index in [-0.39, 0.29) is 17.8 Å². The van der Waals surface area contributed by atoms with Crippen molar-refractivity contribution >= 4 is 11.7 Å². The van der Waals surface area contributed by atoms with Gasteiger partial charge in [0, 0.05) is 44.3 Å². The highest BCUT2D eigenvalue weighted by atomic mass is 19.1. The fourth-order valence-electron chi connectivity index (χ4n) is 3.43. The maximum atomic E-state index is 13.1. The predicted molar refractivity (Wildman–Crippen MR) is 98.6 cm³/mol. The summed E-state index contributed by atoms with van der Waals surface area (Å²) in [6.45, 7) is 10.8. The number of halogens is 1. The molecule has 6 nitrogen and oxygen atoms in total. The zero-order chi connectivity index (χ0) is 18.8. The molecule has 1 amide bonds. The Kier molecular flexibility index (Phi) is 5.25. The van der Waals surface area contributed by atoms with Gasteiger partial charge in [0.2, 0.25) is 5.91 Å². The minimum atomic E-state index is -0.338. The second kappa shape index (κ2) is 7.43. The molecule has 0 radical (unpaired) electrons. The fraction of sp³-hybridized carbons (Fsp3) is 0.526. The lowest BCUT2D eigenvalue weighted by Crippen LogP contribution is -2.54. The number of nitrogens with zero attached hydrogens (tertiary/aromatic N) is 5. The van der Waals surface area contributed by atoms with E-state index in [0.29, 0.717) is 32.6 Å². The SMILES string of the molecule is Cc1nn(CCC(=O)N2CCN(c3ccc(F)cn3)C(C)C2)c(C)c1C. The number of hydrogen-bond donors (Lipinski definition) is 0. The summed E-state index contributed by atoms with van der Waals surface area (Å²) in [5.74, 6) is 0.562. The van der Waals surface area contributed by atoms with Gasteiger partial charge in [-0.2, -0.15) is 5.10 Å². The molecule has 26 heavy (non-hydrogen) atoms. The van der Waals surface area contributed by atoms with Gasteiger partial charge >= 0.3 is 0 Å². The van der Waals surface area contributed by atoms with Crippen LogP contribution in [-0.4, -0.2) is 51.2 Å². The van der Waals surface area contributed by atoms with E-state index in [1.807, 2.05) is 23.4 Å². The third-order valence-corrected chi connectivity index (χ3v) is 5.27. The number of hydrogen-bond acceptors (Lipinski definition) is 4. The zero-order valence-corrected chi connectivity index (χ0v) is 15.9. The van der Waals surface area contributed by atoms with Crippen LogP contribution >= 0.6 is 0 Å². The summed E-state index contributed by atoms with van der Waals surface area (Å²) >= 11 is 0. The van der Waals surface area contributed by atoms with Gasteiger partial charge in [-0.25, -0.2) is 9.37 Å². The molecule has 3 rings (SSSR count). The summed E-state index contributed by atoms with van der Waals surface area (Å²) in [5.41, 5.74) is 3.33. The number of carbonyl (C=O) groups is 1. The van der Waals surface area contributed by atoms with Gasteiger partial charge in [-0.1, -0.05) is 0 Å². The van der Waals surface area contributed by atoms with Gasteiger partial charge < -0.3 is 9.80 Å². The van der Waals surface area contributed by atoms with Crippen molar-refractivity contribution in [3.8, 4) is 0 Å². The minimum Gasteiger partial charge on any atom is -0.350 e. The third kappa shape index (κ3) is 3.71. The molecule has 1 aliphatic heterocycles. The van der Waals surface area contributed by atoms with E-state index in [0.717, 1.165) is 17.2 Å². The number of carbonyl (C=O) groups excluding carboxylic acids is 1. The average molecular weight is 359 g/mol. The number of rotatable bonds is 4. The van der Waals surface area contributed by atoms with Crippen molar-refractivity contribution in [3.05, 3.63) is 41.1 Å². The van der Waals surface area contributed by atoms with Crippen LogP contribution in [0, 0.1) is 26.6 Å². The summed E-state index contributed by atoms with van der Waals surface area (Å²) in [6, 6.07) is 3.25. The van der Waals surface area contributed by atoms with Crippen molar-refractivity contribution in [2.75, 3.05) is 24.5 Å². The first-order chi connectivity index (χ1) is 12.4. The maximum absolute atomic E-state index is 13.1. The molecule has 0 bridgehead atoms. The molecule has 7 heteroatoms. The molecule has 0 N–H and O–H groups in total. The van der Waals surface area contributed by atoms with E-state index in [2.05, 4.69) is 28.8 Å². The Morgan fingerprint density at radius 2 is 2.04 bits per heavy atom. The van der Waals surface area contributed by atoms with E-state index in [4.69, 9.17) is 0 Å². The van der Waals surface area contributed by atoms with Crippen molar-refractivity contribution in [1.29, 1.82) is 0 Å². The molecular formula is C19H26FN5O. The van der Waals surface area contributed by atoms with Crippen LogP contribution in [0.2, 0.25) is 0 Å². The largest absolute Gasteiger partial charge is 0.350 e. The van der Waals surface area contributed by atoms with Crippen LogP contribution in [0.1, 0.15) is 30.3 Å². The number of anilines is 1. The van der Waals surface area contributed by atoms with Gasteiger partial charge in [-0.3, -0.25) is 9.48 Å². The molecule has 0 aliphatic carbocycles. The van der Waals surface area contributed by atoms with Gasteiger partial charge in [0.1, 0.15) is 11.6 Å². The van der Waals surface area contributed by atoms with Crippen LogP contribution in [0.25, 0.3) is 0 Å². The molecule has 1 atom stereocenters. The Bertz CT molecular complexity index is 786. The van der Waals surface area contributed by atoms with E-state index in [1.165, 1.54) is 17.8 Å². The molecule has 1 fully saturated rings. The first kappa shape index (κ1) is 18.4. The van der Waals surface area contributed by atoms with E-state index in [9.17, 15) is 9.18 Å². The van der Waals surface area contributed by atoms with E-state index >= 15 is 0 Å². The summed E-state index contributed by atoms with van der Waals surface area (Å²) in [5, 5.41) is 4.50. The molecule has 0 aromatic carbocycles. The lowest BCUT2D eigenvalue weighted by molar-refractivity contribution is -0.132. The molecular weight excluding hydrogens is 333 g/mol. The first-order valence-corrected chi connectivity index (χ1v) is 9.03. The van der Waals surface area contributed by atoms with Crippen LogP contribution in [0.3, 0.4) is 0 Å². The highest BCUT2D eigenvalue weighted by molar-refractivity contribution is 5.76. The summed E-state index contributed by atoms with van der Waals surface area (Å²) < 4.78 is 15.0. The Labute approximate surface area is 153 Å². The topological polar surface area (TPSA) is 54.3 Å². The summed E-state index contributed by atoms with van der Waals surface area (Å²) in [6.07, 6.45) is 1.68. The number of aryl methyl sites for hydroxylation is 2. The molecule has 0 saturated carbocycles.